The van der Waals surface area contributed by atoms with Gasteiger partial charge >= 0.3 is 7.12 Å². The van der Waals surface area contributed by atoms with Crippen LogP contribution in [0, 0.1) is 5.92 Å². The molecule has 110 valence electrons. The van der Waals surface area contributed by atoms with Crippen LogP contribution >= 0.6 is 0 Å². The smallest absolute Gasteiger partial charge is 0.423 e. The van der Waals surface area contributed by atoms with Crippen molar-refractivity contribution in [2.45, 2.75) is 33.1 Å². The van der Waals surface area contributed by atoms with Crippen LogP contribution in [0.25, 0.3) is 0 Å². The fraction of sp³-hybridized carbons (Fsp3) is 0.533. The minimum Gasteiger partial charge on any atom is -0.423 e. The average molecular weight is 277 g/mol. The SMILES string of the molecule is CCC(C)CNCCC(=O)Cc1cccc(B(O)O)c1. The minimum atomic E-state index is -1.48. The quantitative estimate of drug-likeness (QED) is 0.454. The third-order valence-corrected chi connectivity index (χ3v) is 3.42. The summed E-state index contributed by atoms with van der Waals surface area (Å²) in [5, 5.41) is 21.5. The lowest BCUT2D eigenvalue weighted by Gasteiger charge is -2.09. The van der Waals surface area contributed by atoms with Crippen molar-refractivity contribution < 1.29 is 14.8 Å². The summed E-state index contributed by atoms with van der Waals surface area (Å²) in [6, 6.07) is 6.86. The van der Waals surface area contributed by atoms with E-state index in [1.165, 1.54) is 0 Å². The summed E-state index contributed by atoms with van der Waals surface area (Å²) >= 11 is 0. The van der Waals surface area contributed by atoms with Crippen LogP contribution in [0.15, 0.2) is 24.3 Å². The van der Waals surface area contributed by atoms with Crippen molar-refractivity contribution in [2.75, 3.05) is 13.1 Å². The molecule has 0 fully saturated rings. The van der Waals surface area contributed by atoms with Gasteiger partial charge in [-0.05, 0) is 23.5 Å². The molecule has 1 aromatic carbocycles. The summed E-state index contributed by atoms with van der Waals surface area (Å²) in [5.74, 6) is 0.791. The first-order valence-electron chi connectivity index (χ1n) is 7.20. The number of benzene rings is 1. The van der Waals surface area contributed by atoms with Gasteiger partial charge in [0.2, 0.25) is 0 Å². The Balaban J connectivity index is 2.33. The second-order valence-corrected chi connectivity index (χ2v) is 5.30. The van der Waals surface area contributed by atoms with Crippen LogP contribution in [-0.4, -0.2) is 36.0 Å². The highest BCUT2D eigenvalue weighted by Crippen LogP contribution is 2.02. The summed E-state index contributed by atoms with van der Waals surface area (Å²) in [5.41, 5.74) is 1.24. The van der Waals surface area contributed by atoms with Crippen LogP contribution < -0.4 is 10.8 Å². The normalized spacial score (nSPS) is 12.2. The van der Waals surface area contributed by atoms with Crippen LogP contribution in [0.1, 0.15) is 32.3 Å². The first kappa shape index (κ1) is 16.9. The van der Waals surface area contributed by atoms with Gasteiger partial charge in [0.15, 0.2) is 0 Å². The molecule has 0 aliphatic heterocycles. The van der Waals surface area contributed by atoms with E-state index in [2.05, 4.69) is 19.2 Å². The van der Waals surface area contributed by atoms with Crippen molar-refractivity contribution in [2.24, 2.45) is 5.92 Å². The molecule has 5 heteroatoms. The Labute approximate surface area is 121 Å². The highest BCUT2D eigenvalue weighted by atomic mass is 16.4. The monoisotopic (exact) mass is 277 g/mol. The zero-order chi connectivity index (χ0) is 15.0. The molecule has 0 aromatic heterocycles. The molecule has 0 saturated heterocycles. The Morgan fingerprint density at radius 2 is 2.15 bits per heavy atom. The summed E-state index contributed by atoms with van der Waals surface area (Å²) in [6.45, 7) is 5.97. The molecule has 1 unspecified atom stereocenters. The second kappa shape index (κ2) is 8.90. The number of rotatable bonds is 9. The number of nitrogens with one attached hydrogen (secondary N) is 1. The number of Topliss-reactive ketones (excluding diaryl/α,β-unsaturated/α-hetero) is 1. The first-order chi connectivity index (χ1) is 9.52. The zero-order valence-electron chi connectivity index (χ0n) is 12.3. The molecule has 0 spiro atoms. The molecule has 0 aliphatic carbocycles. The standard InChI is InChI=1S/C15H24BNO3/c1-3-12(2)11-17-8-7-15(18)10-13-5-4-6-14(9-13)16(19)20/h4-6,9,12,17,19-20H,3,7-8,10-11H2,1-2H3. The minimum absolute atomic E-state index is 0.159. The van der Waals surface area contributed by atoms with E-state index in [0.29, 0.717) is 30.8 Å². The molecule has 0 heterocycles. The Morgan fingerprint density at radius 3 is 2.80 bits per heavy atom. The van der Waals surface area contributed by atoms with Gasteiger partial charge in [-0.25, -0.2) is 0 Å². The molecule has 0 amide bonds. The fourth-order valence-electron chi connectivity index (χ4n) is 1.90. The predicted octanol–water partition coefficient (Wildman–Crippen LogP) is 0.504. The molecule has 0 bridgehead atoms. The molecule has 4 nitrogen and oxygen atoms in total. The highest BCUT2D eigenvalue weighted by Gasteiger charge is 2.12. The maximum Gasteiger partial charge on any atom is 0.488 e. The van der Waals surface area contributed by atoms with Gasteiger partial charge in [-0.3, -0.25) is 4.79 Å². The maximum absolute atomic E-state index is 11.8. The van der Waals surface area contributed by atoms with Crippen LogP contribution in [-0.2, 0) is 11.2 Å². The summed E-state index contributed by atoms with van der Waals surface area (Å²) in [7, 11) is -1.48. The van der Waals surface area contributed by atoms with E-state index >= 15 is 0 Å². The average Bonchev–Trinajstić information content (AvgIpc) is 2.43. The zero-order valence-corrected chi connectivity index (χ0v) is 12.3. The Bertz CT molecular complexity index is 423. The molecule has 0 saturated carbocycles. The molecule has 1 rings (SSSR count). The van der Waals surface area contributed by atoms with Crippen molar-refractivity contribution in [1.82, 2.24) is 5.32 Å². The van der Waals surface area contributed by atoms with Crippen molar-refractivity contribution in [3.8, 4) is 0 Å². The van der Waals surface area contributed by atoms with Crippen molar-refractivity contribution in [3.05, 3.63) is 29.8 Å². The number of hydrogen-bond donors (Lipinski definition) is 3. The predicted molar refractivity (Wildman–Crippen MR) is 81.9 cm³/mol. The van der Waals surface area contributed by atoms with Crippen molar-refractivity contribution in [1.29, 1.82) is 0 Å². The van der Waals surface area contributed by atoms with Gasteiger partial charge < -0.3 is 15.4 Å². The van der Waals surface area contributed by atoms with Crippen LogP contribution in [0.2, 0.25) is 0 Å². The third-order valence-electron chi connectivity index (χ3n) is 3.42. The number of hydrogen-bond acceptors (Lipinski definition) is 4. The number of carbonyl (C=O) groups excluding carboxylic acids is 1. The fourth-order valence-corrected chi connectivity index (χ4v) is 1.90. The van der Waals surface area contributed by atoms with E-state index in [0.717, 1.165) is 18.5 Å². The van der Waals surface area contributed by atoms with Crippen molar-refractivity contribution >= 4 is 18.4 Å². The molecule has 1 aromatic rings. The van der Waals surface area contributed by atoms with Gasteiger partial charge in [-0.1, -0.05) is 44.5 Å². The lowest BCUT2D eigenvalue weighted by Crippen LogP contribution is -2.30. The highest BCUT2D eigenvalue weighted by molar-refractivity contribution is 6.58. The Hall–Kier alpha value is -1.17. The summed E-state index contributed by atoms with van der Waals surface area (Å²) in [4.78, 5) is 11.8. The van der Waals surface area contributed by atoms with E-state index in [9.17, 15) is 4.79 Å². The molecular weight excluding hydrogens is 253 g/mol. The van der Waals surface area contributed by atoms with Gasteiger partial charge in [-0.15, -0.1) is 0 Å². The Kier molecular flexibility index (Phi) is 7.51. The van der Waals surface area contributed by atoms with Gasteiger partial charge in [0.1, 0.15) is 5.78 Å². The van der Waals surface area contributed by atoms with Gasteiger partial charge in [-0.2, -0.15) is 0 Å². The lowest BCUT2D eigenvalue weighted by atomic mass is 9.79. The molecule has 0 aliphatic rings. The van der Waals surface area contributed by atoms with Crippen LogP contribution in [0.3, 0.4) is 0 Å². The van der Waals surface area contributed by atoms with Crippen LogP contribution in [0.4, 0.5) is 0 Å². The van der Waals surface area contributed by atoms with E-state index in [4.69, 9.17) is 10.0 Å². The number of carbonyl (C=O) groups is 1. The van der Waals surface area contributed by atoms with E-state index in [-0.39, 0.29) is 5.78 Å². The van der Waals surface area contributed by atoms with E-state index in [1.54, 1.807) is 18.2 Å². The molecule has 20 heavy (non-hydrogen) atoms. The molecular formula is C15H24BNO3. The molecule has 0 radical (unpaired) electrons. The molecule has 3 N–H and O–H groups in total. The topological polar surface area (TPSA) is 69.6 Å². The van der Waals surface area contributed by atoms with Gasteiger partial charge in [0, 0.05) is 19.4 Å². The number of ketones is 1. The molecule has 1 atom stereocenters. The summed E-state index contributed by atoms with van der Waals surface area (Å²) in [6.07, 6.45) is 1.98. The first-order valence-corrected chi connectivity index (χ1v) is 7.20. The van der Waals surface area contributed by atoms with Gasteiger partial charge in [0.25, 0.3) is 0 Å². The third kappa shape index (κ3) is 6.32. The Morgan fingerprint density at radius 1 is 1.40 bits per heavy atom. The lowest BCUT2D eigenvalue weighted by molar-refractivity contribution is -0.118. The van der Waals surface area contributed by atoms with Crippen molar-refractivity contribution in [3.63, 3.8) is 0 Å². The maximum atomic E-state index is 11.8. The van der Waals surface area contributed by atoms with Crippen LogP contribution in [0.5, 0.6) is 0 Å². The van der Waals surface area contributed by atoms with Gasteiger partial charge in [0.05, 0.1) is 0 Å². The van der Waals surface area contributed by atoms with E-state index in [1.807, 2.05) is 6.07 Å². The second-order valence-electron chi connectivity index (χ2n) is 5.30. The van der Waals surface area contributed by atoms with E-state index < -0.39 is 7.12 Å². The largest absolute Gasteiger partial charge is 0.488 e. The summed E-state index contributed by atoms with van der Waals surface area (Å²) < 4.78 is 0.